The van der Waals surface area contributed by atoms with Gasteiger partial charge >= 0.3 is 5.97 Å². The first-order chi connectivity index (χ1) is 14.4. The number of ether oxygens (including phenoxy) is 1. The molecule has 1 aliphatic rings. The highest BCUT2D eigenvalue weighted by molar-refractivity contribution is 6.30. The summed E-state index contributed by atoms with van der Waals surface area (Å²) in [6, 6.07) is 12.7. The van der Waals surface area contributed by atoms with E-state index in [1.54, 1.807) is 12.1 Å². The number of hydrogen-bond donors (Lipinski definition) is 0. The molecule has 0 heterocycles. The summed E-state index contributed by atoms with van der Waals surface area (Å²) in [5.74, 6) is -4.67. The largest absolute Gasteiger partial charge is 0.454 e. The molecule has 5 nitrogen and oxygen atoms in total. The number of rotatable bonds is 4. The fraction of sp³-hybridized carbons (Fsp3) is 0.0435. The Morgan fingerprint density at radius 1 is 0.767 bits per heavy atom. The smallest absolute Gasteiger partial charge is 0.339 e. The average molecular weight is 406 g/mol. The first-order valence-electron chi connectivity index (χ1n) is 8.85. The molecule has 0 amide bonds. The van der Waals surface area contributed by atoms with E-state index in [2.05, 4.69) is 0 Å². The second-order valence-corrected chi connectivity index (χ2v) is 6.56. The van der Waals surface area contributed by atoms with Crippen LogP contribution in [0.3, 0.4) is 0 Å². The van der Waals surface area contributed by atoms with E-state index in [4.69, 9.17) is 4.74 Å². The lowest BCUT2D eigenvalue weighted by atomic mass is 9.82. The molecule has 3 aromatic carbocycles. The second kappa shape index (κ2) is 7.44. The molecule has 0 saturated carbocycles. The van der Waals surface area contributed by atoms with Gasteiger partial charge in [-0.25, -0.2) is 13.6 Å². The first kappa shape index (κ1) is 19.3. The van der Waals surface area contributed by atoms with Crippen molar-refractivity contribution in [2.24, 2.45) is 0 Å². The molecule has 148 valence electrons. The summed E-state index contributed by atoms with van der Waals surface area (Å²) >= 11 is 0. The Morgan fingerprint density at radius 2 is 1.43 bits per heavy atom. The van der Waals surface area contributed by atoms with Gasteiger partial charge in [-0.2, -0.15) is 0 Å². The van der Waals surface area contributed by atoms with Crippen molar-refractivity contribution in [1.82, 2.24) is 0 Å². The van der Waals surface area contributed by atoms with Crippen molar-refractivity contribution >= 4 is 23.3 Å². The average Bonchev–Trinajstić information content (AvgIpc) is 2.76. The van der Waals surface area contributed by atoms with Crippen molar-refractivity contribution in [3.8, 4) is 0 Å². The summed E-state index contributed by atoms with van der Waals surface area (Å²) in [5.41, 5.74) is -0.414. The van der Waals surface area contributed by atoms with E-state index < -0.39 is 47.1 Å². The van der Waals surface area contributed by atoms with Crippen LogP contribution in [0.25, 0.3) is 0 Å². The monoisotopic (exact) mass is 406 g/mol. The highest BCUT2D eigenvalue weighted by atomic mass is 19.1. The van der Waals surface area contributed by atoms with E-state index >= 15 is 0 Å². The van der Waals surface area contributed by atoms with Crippen molar-refractivity contribution in [2.75, 3.05) is 6.61 Å². The van der Waals surface area contributed by atoms with Crippen LogP contribution in [0.15, 0.2) is 60.7 Å². The molecular formula is C23H12F2O5. The number of ketones is 3. The molecule has 0 N–H and O–H groups in total. The molecule has 0 aromatic heterocycles. The SMILES string of the molecule is O=C(COC(=O)c1cccc2c1C(=O)c1ccccc1C2=O)c1cc(F)ccc1F. The van der Waals surface area contributed by atoms with Crippen molar-refractivity contribution in [3.63, 3.8) is 0 Å². The van der Waals surface area contributed by atoms with Crippen molar-refractivity contribution < 1.29 is 32.7 Å². The molecule has 0 saturated heterocycles. The van der Waals surface area contributed by atoms with Crippen LogP contribution in [0.4, 0.5) is 8.78 Å². The minimum atomic E-state index is -1.03. The van der Waals surface area contributed by atoms with Crippen molar-refractivity contribution in [1.29, 1.82) is 0 Å². The fourth-order valence-corrected chi connectivity index (χ4v) is 3.31. The minimum Gasteiger partial charge on any atom is -0.454 e. The number of fused-ring (bicyclic) bond motifs is 2. The predicted octanol–water partition coefficient (Wildman–Crippen LogP) is 3.78. The molecule has 0 fully saturated rings. The lowest BCUT2D eigenvalue weighted by Gasteiger charge is -2.19. The zero-order valence-electron chi connectivity index (χ0n) is 15.3. The molecule has 3 aromatic rings. The Labute approximate surface area is 168 Å². The van der Waals surface area contributed by atoms with Crippen LogP contribution >= 0.6 is 0 Å². The molecule has 4 rings (SSSR count). The third-order valence-corrected chi connectivity index (χ3v) is 4.74. The van der Waals surface area contributed by atoms with Gasteiger partial charge in [0.15, 0.2) is 18.2 Å². The van der Waals surface area contributed by atoms with Crippen LogP contribution in [-0.2, 0) is 4.74 Å². The molecule has 0 spiro atoms. The highest BCUT2D eigenvalue weighted by Gasteiger charge is 2.33. The maximum absolute atomic E-state index is 13.7. The maximum atomic E-state index is 13.7. The van der Waals surface area contributed by atoms with E-state index in [1.807, 2.05) is 0 Å². The summed E-state index contributed by atoms with van der Waals surface area (Å²) in [6.07, 6.45) is 0. The van der Waals surface area contributed by atoms with Crippen LogP contribution < -0.4 is 0 Å². The number of halogens is 2. The third kappa shape index (κ3) is 3.20. The Bertz CT molecular complexity index is 1250. The standard InChI is InChI=1S/C23H12F2O5/c24-12-8-9-18(25)17(10-12)19(26)11-30-23(29)16-7-3-6-15-20(16)22(28)14-5-2-1-4-13(14)21(15)27/h1-10H,11H2. The van der Waals surface area contributed by atoms with Gasteiger partial charge in [-0.3, -0.25) is 14.4 Å². The van der Waals surface area contributed by atoms with Crippen molar-refractivity contribution in [3.05, 3.63) is 106 Å². The second-order valence-electron chi connectivity index (χ2n) is 6.56. The van der Waals surface area contributed by atoms with E-state index in [0.717, 1.165) is 12.1 Å². The van der Waals surface area contributed by atoms with Crippen LogP contribution in [0.5, 0.6) is 0 Å². The summed E-state index contributed by atoms with van der Waals surface area (Å²) in [5, 5.41) is 0. The van der Waals surface area contributed by atoms with E-state index in [9.17, 15) is 28.0 Å². The Hall–Kier alpha value is -4.00. The molecule has 0 bridgehead atoms. The maximum Gasteiger partial charge on any atom is 0.339 e. The van der Waals surface area contributed by atoms with Gasteiger partial charge in [0.05, 0.1) is 11.1 Å². The lowest BCUT2D eigenvalue weighted by Crippen LogP contribution is -2.25. The van der Waals surface area contributed by atoms with Gasteiger partial charge in [0.25, 0.3) is 0 Å². The number of carbonyl (C=O) groups excluding carboxylic acids is 4. The van der Waals surface area contributed by atoms with Gasteiger partial charge in [-0.1, -0.05) is 36.4 Å². The summed E-state index contributed by atoms with van der Waals surface area (Å²) in [7, 11) is 0. The van der Waals surface area contributed by atoms with Crippen LogP contribution in [-0.4, -0.2) is 29.9 Å². The Balaban J connectivity index is 1.62. The number of carbonyl (C=O) groups is 4. The topological polar surface area (TPSA) is 77.5 Å². The summed E-state index contributed by atoms with van der Waals surface area (Å²) in [4.78, 5) is 50.3. The van der Waals surface area contributed by atoms with Gasteiger partial charge in [0.1, 0.15) is 11.6 Å². The van der Waals surface area contributed by atoms with Crippen LogP contribution in [0.2, 0.25) is 0 Å². The summed E-state index contributed by atoms with van der Waals surface area (Å²) in [6.45, 7) is -0.860. The molecule has 0 aliphatic heterocycles. The zero-order chi connectivity index (χ0) is 21.4. The number of esters is 1. The quantitative estimate of drug-likeness (QED) is 0.381. The Morgan fingerprint density at radius 3 is 2.17 bits per heavy atom. The molecular weight excluding hydrogens is 394 g/mol. The van der Waals surface area contributed by atoms with Crippen LogP contribution in [0.1, 0.15) is 52.6 Å². The van der Waals surface area contributed by atoms with Crippen molar-refractivity contribution in [2.45, 2.75) is 0 Å². The number of benzene rings is 3. The molecule has 0 radical (unpaired) electrons. The van der Waals surface area contributed by atoms with Gasteiger partial charge in [-0.05, 0) is 24.3 Å². The molecule has 0 atom stereocenters. The van der Waals surface area contributed by atoms with Gasteiger partial charge < -0.3 is 4.74 Å². The number of hydrogen-bond acceptors (Lipinski definition) is 5. The van der Waals surface area contributed by atoms with E-state index in [1.165, 1.54) is 30.3 Å². The molecule has 1 aliphatic carbocycles. The van der Waals surface area contributed by atoms with E-state index in [0.29, 0.717) is 6.07 Å². The lowest BCUT2D eigenvalue weighted by molar-refractivity contribution is 0.0471. The normalized spacial score (nSPS) is 12.2. The minimum absolute atomic E-state index is 0.0515. The predicted molar refractivity (Wildman–Crippen MR) is 101 cm³/mol. The van der Waals surface area contributed by atoms with Gasteiger partial charge in [-0.15, -0.1) is 0 Å². The fourth-order valence-electron chi connectivity index (χ4n) is 3.31. The van der Waals surface area contributed by atoms with Gasteiger partial charge in [0, 0.05) is 22.3 Å². The third-order valence-electron chi connectivity index (χ3n) is 4.74. The highest BCUT2D eigenvalue weighted by Crippen LogP contribution is 2.29. The molecule has 7 heteroatoms. The zero-order valence-corrected chi connectivity index (χ0v) is 15.3. The van der Waals surface area contributed by atoms with Crippen LogP contribution in [0, 0.1) is 11.6 Å². The first-order valence-corrected chi connectivity index (χ1v) is 8.85. The van der Waals surface area contributed by atoms with E-state index in [-0.39, 0.29) is 27.8 Å². The molecule has 30 heavy (non-hydrogen) atoms. The van der Waals surface area contributed by atoms with Gasteiger partial charge in [0.2, 0.25) is 5.78 Å². The summed E-state index contributed by atoms with van der Waals surface area (Å²) < 4.78 is 31.9. The molecule has 0 unspecified atom stereocenters. The Kier molecular flexibility index (Phi) is 4.79. The number of Topliss-reactive ketones (excluding diaryl/α,β-unsaturated/α-hetero) is 1.